The zero-order chi connectivity index (χ0) is 45.0. The number of hydrogen-bond donors (Lipinski definition) is 6. The Hall–Kier alpha value is -2.19. The molecule has 354 valence electrons. The van der Waals surface area contributed by atoms with Gasteiger partial charge in [0, 0.05) is 12.8 Å². The predicted molar refractivity (Wildman–Crippen MR) is 239 cm³/mol. The molecular weight excluding hydrogens is 803 g/mol. The van der Waals surface area contributed by atoms with E-state index in [-0.39, 0.29) is 12.8 Å². The Kier molecular flexibility index (Phi) is 34.7. The molecule has 1 saturated carbocycles. The maximum Gasteiger partial charge on any atom is 0.472 e. The van der Waals surface area contributed by atoms with Crippen LogP contribution in [-0.2, 0) is 32.7 Å². The Morgan fingerprint density at radius 3 is 1.43 bits per heavy atom. The van der Waals surface area contributed by atoms with Crippen LogP contribution in [0.2, 0.25) is 0 Å². The molecule has 0 aliphatic heterocycles. The largest absolute Gasteiger partial charge is 0.472 e. The van der Waals surface area contributed by atoms with Crippen molar-refractivity contribution in [1.29, 1.82) is 0 Å². The number of esters is 2. The highest BCUT2D eigenvalue weighted by molar-refractivity contribution is 7.47. The standard InChI is InChI=1S/C47H83O13P/c1-3-5-7-9-11-13-15-17-19-20-22-24-26-28-30-32-34-36-41(49)59-39(38-58-61(55,56)60-47-45(53)43(51)42(50)44(52)46(47)54)37-57-40(48)35-33-31-29-27-25-23-21-18-16-14-12-10-8-6-4-2/h11,13,17,19,22,24-25,27,39,42-47,50-54H,3-10,12,14-16,18,20-21,23,26,28-38H2,1-2H3,(H,55,56)/b13-11+,19-17+,24-22+,27-25+/t39-,42?,43+,44?,45?,46?,47?/m1/s1. The van der Waals surface area contributed by atoms with E-state index in [0.29, 0.717) is 12.8 Å². The van der Waals surface area contributed by atoms with Crippen molar-refractivity contribution in [2.75, 3.05) is 13.2 Å². The maximum absolute atomic E-state index is 12.8. The summed E-state index contributed by atoms with van der Waals surface area (Å²) in [6.45, 7) is 3.23. The van der Waals surface area contributed by atoms with Crippen LogP contribution >= 0.6 is 7.82 Å². The number of phosphoric acid groups is 1. The van der Waals surface area contributed by atoms with Crippen LogP contribution in [0.1, 0.15) is 181 Å². The molecule has 61 heavy (non-hydrogen) atoms. The maximum atomic E-state index is 12.8. The Balaban J connectivity index is 2.49. The third kappa shape index (κ3) is 29.7. The summed E-state index contributed by atoms with van der Waals surface area (Å²) >= 11 is 0. The lowest BCUT2D eigenvalue weighted by Crippen LogP contribution is -2.64. The fourth-order valence-corrected chi connectivity index (χ4v) is 7.79. The van der Waals surface area contributed by atoms with Crippen LogP contribution in [0.3, 0.4) is 0 Å². The molecule has 0 aromatic carbocycles. The van der Waals surface area contributed by atoms with Gasteiger partial charge in [-0.15, -0.1) is 0 Å². The van der Waals surface area contributed by atoms with Crippen LogP contribution < -0.4 is 0 Å². The van der Waals surface area contributed by atoms with Crippen LogP contribution in [0.25, 0.3) is 0 Å². The van der Waals surface area contributed by atoms with E-state index in [2.05, 4.69) is 62.5 Å². The molecule has 1 aliphatic rings. The highest BCUT2D eigenvalue weighted by atomic mass is 31.2. The summed E-state index contributed by atoms with van der Waals surface area (Å²) in [7, 11) is -5.13. The zero-order valence-electron chi connectivity index (χ0n) is 37.4. The van der Waals surface area contributed by atoms with Crippen LogP contribution in [-0.4, -0.2) is 98.3 Å². The van der Waals surface area contributed by atoms with Gasteiger partial charge in [0.1, 0.15) is 43.2 Å². The summed E-state index contributed by atoms with van der Waals surface area (Å²) in [6.07, 6.45) is 30.2. The van der Waals surface area contributed by atoms with Crippen molar-refractivity contribution in [3.63, 3.8) is 0 Å². The molecule has 0 saturated heterocycles. The van der Waals surface area contributed by atoms with Crippen LogP contribution in [0.4, 0.5) is 0 Å². The minimum absolute atomic E-state index is 0.0661. The Labute approximate surface area is 367 Å². The topological polar surface area (TPSA) is 210 Å². The highest BCUT2D eigenvalue weighted by Gasteiger charge is 2.51. The van der Waals surface area contributed by atoms with Crippen molar-refractivity contribution in [1.82, 2.24) is 0 Å². The number of ether oxygens (including phenoxy) is 2. The van der Waals surface area contributed by atoms with Crippen molar-refractivity contribution in [3.05, 3.63) is 48.6 Å². The van der Waals surface area contributed by atoms with E-state index in [1.807, 2.05) is 0 Å². The number of hydrogen-bond acceptors (Lipinski definition) is 12. The molecule has 0 amide bonds. The third-order valence-corrected chi connectivity index (χ3v) is 11.6. The molecule has 0 heterocycles. The smallest absolute Gasteiger partial charge is 0.462 e. The zero-order valence-corrected chi connectivity index (χ0v) is 38.3. The monoisotopic (exact) mass is 887 g/mol. The second kappa shape index (κ2) is 37.2. The molecule has 1 aliphatic carbocycles. The number of unbranched alkanes of at least 4 members (excludes halogenated alkanes) is 18. The average molecular weight is 887 g/mol. The van der Waals surface area contributed by atoms with Gasteiger partial charge in [0.15, 0.2) is 6.10 Å². The van der Waals surface area contributed by atoms with Crippen molar-refractivity contribution >= 4 is 19.8 Å². The molecule has 6 N–H and O–H groups in total. The minimum Gasteiger partial charge on any atom is -0.462 e. The number of aliphatic hydroxyl groups excluding tert-OH is 5. The second-order valence-electron chi connectivity index (χ2n) is 16.3. The number of phosphoric ester groups is 1. The van der Waals surface area contributed by atoms with Crippen LogP contribution in [0.15, 0.2) is 48.6 Å². The lowest BCUT2D eigenvalue weighted by atomic mass is 9.85. The normalized spacial score (nSPS) is 22.4. The summed E-state index contributed by atoms with van der Waals surface area (Å²) < 4.78 is 33.5. The van der Waals surface area contributed by atoms with Gasteiger partial charge >= 0.3 is 19.8 Å². The highest BCUT2D eigenvalue weighted by Crippen LogP contribution is 2.47. The van der Waals surface area contributed by atoms with Gasteiger partial charge in [-0.05, 0) is 77.0 Å². The summed E-state index contributed by atoms with van der Waals surface area (Å²) in [5.74, 6) is -1.15. The van der Waals surface area contributed by atoms with Crippen molar-refractivity contribution < 1.29 is 63.1 Å². The number of carbonyl (C=O) groups excluding carboxylic acids is 2. The fourth-order valence-electron chi connectivity index (χ4n) is 6.82. The van der Waals surface area contributed by atoms with Crippen molar-refractivity contribution in [2.24, 2.45) is 0 Å². The lowest BCUT2D eigenvalue weighted by Gasteiger charge is -2.41. The fraction of sp³-hybridized carbons (Fsp3) is 0.787. The quantitative estimate of drug-likeness (QED) is 0.0148. The molecule has 1 fully saturated rings. The Bertz CT molecular complexity index is 1250. The number of carbonyl (C=O) groups is 2. The SMILES string of the molecule is CCCCC/C=C/C/C=C/C/C=C/CCCCCCC(=O)O[C@H](COC(=O)CCCC/C=C/CCCCCCCCCCC)COP(=O)(O)OC1C(O)C(O)C(O)[C@H](O)C1O. The lowest BCUT2D eigenvalue weighted by molar-refractivity contribution is -0.220. The van der Waals surface area contributed by atoms with Crippen LogP contribution in [0.5, 0.6) is 0 Å². The summed E-state index contributed by atoms with van der Waals surface area (Å²) in [4.78, 5) is 35.7. The van der Waals surface area contributed by atoms with Gasteiger partial charge in [-0.2, -0.15) is 0 Å². The average Bonchev–Trinajstić information content (AvgIpc) is 3.24. The molecule has 6 unspecified atom stereocenters. The van der Waals surface area contributed by atoms with Gasteiger partial charge < -0.3 is 39.9 Å². The van der Waals surface area contributed by atoms with Gasteiger partial charge in [0.25, 0.3) is 0 Å². The summed E-state index contributed by atoms with van der Waals surface area (Å²) in [5.41, 5.74) is 0. The molecular formula is C47H83O13P. The Morgan fingerprint density at radius 2 is 0.885 bits per heavy atom. The van der Waals surface area contributed by atoms with E-state index < -0.39 is 75.7 Å². The third-order valence-electron chi connectivity index (χ3n) is 10.6. The molecule has 0 bridgehead atoms. The van der Waals surface area contributed by atoms with Crippen LogP contribution in [0, 0.1) is 0 Å². The van der Waals surface area contributed by atoms with Gasteiger partial charge in [0.05, 0.1) is 6.61 Å². The van der Waals surface area contributed by atoms with E-state index in [0.717, 1.165) is 64.2 Å². The van der Waals surface area contributed by atoms with E-state index in [1.54, 1.807) is 0 Å². The van der Waals surface area contributed by atoms with E-state index in [9.17, 15) is 44.6 Å². The molecule has 0 aromatic heterocycles. The van der Waals surface area contributed by atoms with E-state index >= 15 is 0 Å². The van der Waals surface area contributed by atoms with Gasteiger partial charge in [-0.1, -0.05) is 140 Å². The van der Waals surface area contributed by atoms with Crippen molar-refractivity contribution in [3.8, 4) is 0 Å². The summed E-state index contributed by atoms with van der Waals surface area (Å²) in [6, 6.07) is 0. The van der Waals surface area contributed by atoms with Crippen molar-refractivity contribution in [2.45, 2.75) is 224 Å². The minimum atomic E-state index is -5.13. The first kappa shape index (κ1) is 56.8. The number of allylic oxidation sites excluding steroid dienone is 8. The van der Waals surface area contributed by atoms with Gasteiger partial charge in [0.2, 0.25) is 0 Å². The first-order chi connectivity index (χ1) is 29.4. The molecule has 0 spiro atoms. The van der Waals surface area contributed by atoms with E-state index in [4.69, 9.17) is 18.5 Å². The Morgan fingerprint density at radius 1 is 0.508 bits per heavy atom. The predicted octanol–water partition coefficient (Wildman–Crippen LogP) is 9.17. The number of rotatable bonds is 38. The number of aliphatic hydroxyl groups is 5. The van der Waals surface area contributed by atoms with E-state index in [1.165, 1.54) is 77.0 Å². The first-order valence-electron chi connectivity index (χ1n) is 23.4. The molecule has 0 aromatic rings. The molecule has 13 nitrogen and oxygen atoms in total. The van der Waals surface area contributed by atoms with Gasteiger partial charge in [-0.25, -0.2) is 4.57 Å². The molecule has 1 rings (SSSR count). The van der Waals surface area contributed by atoms with Gasteiger partial charge in [-0.3, -0.25) is 18.6 Å². The summed E-state index contributed by atoms with van der Waals surface area (Å²) in [5, 5.41) is 50.1. The molecule has 0 radical (unpaired) electrons. The second-order valence-corrected chi connectivity index (χ2v) is 17.7. The molecule has 14 heteroatoms. The molecule has 8 atom stereocenters. The first-order valence-corrected chi connectivity index (χ1v) is 24.9.